The molecule has 112 valence electrons. The number of amides is 1. The minimum Gasteiger partial charge on any atom is -0.340 e. The molecule has 0 unspecified atom stereocenters. The minimum absolute atomic E-state index is 0.0722. The van der Waals surface area contributed by atoms with E-state index in [1.807, 2.05) is 18.7 Å². The molecule has 3 rings (SSSR count). The van der Waals surface area contributed by atoms with Crippen molar-refractivity contribution in [3.8, 4) is 0 Å². The van der Waals surface area contributed by atoms with E-state index in [-0.39, 0.29) is 11.8 Å². The number of nitrogens with zero attached hydrogens (tertiary/aromatic N) is 4. The summed E-state index contributed by atoms with van der Waals surface area (Å²) in [5.74, 6) is 1.52. The molecule has 1 saturated heterocycles. The Balaban J connectivity index is 1.77. The van der Waals surface area contributed by atoms with Crippen LogP contribution in [0.2, 0.25) is 0 Å². The summed E-state index contributed by atoms with van der Waals surface area (Å²) in [5.41, 5.74) is 0.819. The van der Waals surface area contributed by atoms with Crippen molar-refractivity contribution in [2.24, 2.45) is 0 Å². The van der Waals surface area contributed by atoms with Crippen molar-refractivity contribution in [2.75, 3.05) is 13.1 Å². The second-order valence-electron chi connectivity index (χ2n) is 5.41. The molecule has 0 spiro atoms. The molecule has 0 aliphatic carbocycles. The van der Waals surface area contributed by atoms with E-state index in [4.69, 9.17) is 4.52 Å². The van der Waals surface area contributed by atoms with E-state index in [0.29, 0.717) is 18.3 Å². The first kappa shape index (κ1) is 14.2. The van der Waals surface area contributed by atoms with Gasteiger partial charge in [0.1, 0.15) is 4.88 Å². The summed E-state index contributed by atoms with van der Waals surface area (Å²) in [6.45, 7) is 7.03. The highest BCUT2D eigenvalue weighted by Crippen LogP contribution is 2.27. The van der Waals surface area contributed by atoms with Crippen LogP contribution in [0.1, 0.15) is 50.8 Å². The lowest BCUT2D eigenvalue weighted by atomic mass is 9.97. The molecule has 3 heterocycles. The Morgan fingerprint density at radius 1 is 1.33 bits per heavy atom. The number of rotatable bonds is 2. The van der Waals surface area contributed by atoms with Crippen LogP contribution >= 0.6 is 11.3 Å². The highest BCUT2D eigenvalue weighted by atomic mass is 32.1. The number of carbonyl (C=O) groups excluding carboxylic acids is 1. The first-order chi connectivity index (χ1) is 10.0. The Bertz CT molecular complexity index is 664. The molecule has 0 N–H and O–H groups in total. The molecule has 1 atom stereocenters. The lowest BCUT2D eigenvalue weighted by Crippen LogP contribution is -2.39. The highest BCUT2D eigenvalue weighted by molar-refractivity contribution is 7.13. The number of likely N-dealkylation sites (tertiary alicyclic amines) is 1. The van der Waals surface area contributed by atoms with Gasteiger partial charge in [-0.3, -0.25) is 4.79 Å². The van der Waals surface area contributed by atoms with E-state index in [1.54, 1.807) is 6.92 Å². The van der Waals surface area contributed by atoms with E-state index in [0.717, 1.165) is 35.0 Å². The predicted molar refractivity (Wildman–Crippen MR) is 78.5 cm³/mol. The number of thiazole rings is 1. The summed E-state index contributed by atoms with van der Waals surface area (Å²) < 4.78 is 5.05. The lowest BCUT2D eigenvalue weighted by Gasteiger charge is -2.31. The van der Waals surface area contributed by atoms with Gasteiger partial charge in [0.05, 0.1) is 10.7 Å². The second kappa shape index (κ2) is 5.55. The van der Waals surface area contributed by atoms with Gasteiger partial charge in [0.15, 0.2) is 5.82 Å². The van der Waals surface area contributed by atoms with Crippen molar-refractivity contribution in [1.29, 1.82) is 0 Å². The van der Waals surface area contributed by atoms with Gasteiger partial charge < -0.3 is 9.42 Å². The molecule has 7 heteroatoms. The molecule has 0 radical (unpaired) electrons. The fourth-order valence-electron chi connectivity index (χ4n) is 2.73. The SMILES string of the molecule is Cc1nc([C@H]2CCCN(C(=O)c3sc(C)nc3C)C2)no1. The third-order valence-electron chi connectivity index (χ3n) is 3.71. The van der Waals surface area contributed by atoms with Gasteiger partial charge >= 0.3 is 0 Å². The first-order valence-corrected chi connectivity index (χ1v) is 7.89. The smallest absolute Gasteiger partial charge is 0.265 e. The van der Waals surface area contributed by atoms with Gasteiger partial charge in [-0.25, -0.2) is 4.98 Å². The average Bonchev–Trinajstić information content (AvgIpc) is 3.04. The molecule has 2 aromatic rings. The van der Waals surface area contributed by atoms with Gasteiger partial charge in [0.2, 0.25) is 5.89 Å². The van der Waals surface area contributed by atoms with Crippen LogP contribution in [0.3, 0.4) is 0 Å². The monoisotopic (exact) mass is 306 g/mol. The standard InChI is InChI=1S/C14H18N4O2S/c1-8-12(21-10(3)15-8)14(19)18-6-4-5-11(7-18)13-16-9(2)20-17-13/h11H,4-7H2,1-3H3/t11-/m0/s1. The number of carbonyl (C=O) groups is 1. The Kier molecular flexibility index (Phi) is 3.75. The van der Waals surface area contributed by atoms with E-state index in [2.05, 4.69) is 15.1 Å². The van der Waals surface area contributed by atoms with Crippen LogP contribution in [0.25, 0.3) is 0 Å². The second-order valence-corrected chi connectivity index (χ2v) is 6.61. The minimum atomic E-state index is 0.0722. The van der Waals surface area contributed by atoms with Crippen LogP contribution < -0.4 is 0 Å². The predicted octanol–water partition coefficient (Wildman–Crippen LogP) is 2.47. The van der Waals surface area contributed by atoms with Crippen molar-refractivity contribution in [3.63, 3.8) is 0 Å². The van der Waals surface area contributed by atoms with Crippen molar-refractivity contribution in [1.82, 2.24) is 20.0 Å². The summed E-state index contributed by atoms with van der Waals surface area (Å²) >= 11 is 1.47. The van der Waals surface area contributed by atoms with Gasteiger partial charge in [-0.05, 0) is 26.7 Å². The molecule has 1 aliphatic rings. The van der Waals surface area contributed by atoms with Gasteiger partial charge in [-0.15, -0.1) is 11.3 Å². The summed E-state index contributed by atoms with van der Waals surface area (Å²) in [7, 11) is 0. The molecule has 0 saturated carbocycles. The van der Waals surface area contributed by atoms with Crippen molar-refractivity contribution in [3.05, 3.63) is 27.3 Å². The maximum absolute atomic E-state index is 12.6. The van der Waals surface area contributed by atoms with Crippen LogP contribution in [0.5, 0.6) is 0 Å². The Morgan fingerprint density at radius 3 is 2.76 bits per heavy atom. The van der Waals surface area contributed by atoms with Crippen molar-refractivity contribution >= 4 is 17.2 Å². The highest BCUT2D eigenvalue weighted by Gasteiger charge is 2.29. The van der Waals surface area contributed by atoms with Gasteiger partial charge in [0, 0.05) is 25.9 Å². The summed E-state index contributed by atoms with van der Waals surface area (Å²) in [5, 5.41) is 4.92. The van der Waals surface area contributed by atoms with Gasteiger partial charge in [0.25, 0.3) is 5.91 Å². The molecule has 1 aliphatic heterocycles. The Hall–Kier alpha value is -1.76. The van der Waals surface area contributed by atoms with E-state index in [1.165, 1.54) is 11.3 Å². The molecular formula is C14H18N4O2S. The first-order valence-electron chi connectivity index (χ1n) is 7.08. The van der Waals surface area contributed by atoms with Crippen LogP contribution in [-0.4, -0.2) is 39.0 Å². The Morgan fingerprint density at radius 2 is 2.14 bits per heavy atom. The molecule has 2 aromatic heterocycles. The maximum Gasteiger partial charge on any atom is 0.265 e. The zero-order valence-corrected chi connectivity index (χ0v) is 13.2. The van der Waals surface area contributed by atoms with Crippen LogP contribution in [0.4, 0.5) is 0 Å². The number of hydrogen-bond donors (Lipinski definition) is 0. The topological polar surface area (TPSA) is 72.1 Å². The van der Waals surface area contributed by atoms with E-state index >= 15 is 0 Å². The molecular weight excluding hydrogens is 288 g/mol. The third-order valence-corrected chi connectivity index (χ3v) is 4.78. The summed E-state index contributed by atoms with van der Waals surface area (Å²) in [4.78, 5) is 23.9. The van der Waals surface area contributed by atoms with Gasteiger partial charge in [-0.2, -0.15) is 4.98 Å². The fraction of sp³-hybridized carbons (Fsp3) is 0.571. The van der Waals surface area contributed by atoms with E-state index < -0.39 is 0 Å². The molecule has 1 fully saturated rings. The maximum atomic E-state index is 12.6. The fourth-order valence-corrected chi connectivity index (χ4v) is 3.61. The molecule has 0 aromatic carbocycles. The lowest BCUT2D eigenvalue weighted by molar-refractivity contribution is 0.0707. The molecule has 0 bridgehead atoms. The number of piperidine rings is 1. The number of aromatic nitrogens is 3. The zero-order valence-electron chi connectivity index (χ0n) is 12.4. The number of hydrogen-bond acceptors (Lipinski definition) is 6. The quantitative estimate of drug-likeness (QED) is 0.852. The van der Waals surface area contributed by atoms with E-state index in [9.17, 15) is 4.79 Å². The normalized spacial score (nSPS) is 19.0. The Labute approximate surface area is 127 Å². The molecule has 21 heavy (non-hydrogen) atoms. The van der Waals surface area contributed by atoms with Crippen LogP contribution in [-0.2, 0) is 0 Å². The average molecular weight is 306 g/mol. The largest absolute Gasteiger partial charge is 0.340 e. The number of aryl methyl sites for hydroxylation is 3. The summed E-state index contributed by atoms with van der Waals surface area (Å²) in [6, 6.07) is 0. The van der Waals surface area contributed by atoms with Crippen molar-refractivity contribution in [2.45, 2.75) is 39.5 Å². The van der Waals surface area contributed by atoms with Crippen LogP contribution in [0.15, 0.2) is 4.52 Å². The zero-order chi connectivity index (χ0) is 15.0. The third kappa shape index (κ3) is 2.83. The van der Waals surface area contributed by atoms with Crippen molar-refractivity contribution < 1.29 is 9.32 Å². The van der Waals surface area contributed by atoms with Crippen LogP contribution in [0, 0.1) is 20.8 Å². The molecule has 1 amide bonds. The summed E-state index contributed by atoms with van der Waals surface area (Å²) in [6.07, 6.45) is 1.95. The molecule has 6 nitrogen and oxygen atoms in total. The van der Waals surface area contributed by atoms with Gasteiger partial charge in [-0.1, -0.05) is 5.16 Å².